The molecule has 5 saturated heterocycles. The fourth-order valence-electron chi connectivity index (χ4n) is 17.7. The van der Waals surface area contributed by atoms with Crippen molar-refractivity contribution in [2.75, 3.05) is 24.5 Å². The Labute approximate surface area is 430 Å². The molecule has 12 rings (SSSR count). The monoisotopic (exact) mass is 987 g/mol. The summed E-state index contributed by atoms with van der Waals surface area (Å²) < 4.78 is 6.32. The van der Waals surface area contributed by atoms with Gasteiger partial charge in [-0.2, -0.15) is 0 Å². The second-order valence-corrected chi connectivity index (χ2v) is 25.4. The number of nitrogens with zero attached hydrogens (tertiary/aromatic N) is 5. The molecule has 0 radical (unpaired) electrons. The third-order valence-electron chi connectivity index (χ3n) is 21.0. The molecule has 5 saturated carbocycles. The van der Waals surface area contributed by atoms with Crippen LogP contribution in [0.25, 0.3) is 0 Å². The number of fused-ring (bicyclic) bond motifs is 9. The number of carboxylic acid groups (broad SMARTS) is 1. The van der Waals surface area contributed by atoms with E-state index < -0.39 is 17.6 Å². The third kappa shape index (κ3) is 10.3. The van der Waals surface area contributed by atoms with Crippen molar-refractivity contribution < 1.29 is 29.0 Å². The molecule has 6 aliphatic carbocycles. The molecule has 5 aliphatic heterocycles. The van der Waals surface area contributed by atoms with Gasteiger partial charge in [-0.3, -0.25) is 34.4 Å². The van der Waals surface area contributed by atoms with Gasteiger partial charge in [-0.25, -0.2) is 4.79 Å². The molecular formula is C60H86N6O6. The summed E-state index contributed by atoms with van der Waals surface area (Å²) in [5.41, 5.74) is 0.889. The second kappa shape index (κ2) is 21.2. The number of likely N-dealkylation sites (tertiary alicyclic amines) is 1. The summed E-state index contributed by atoms with van der Waals surface area (Å²) in [6.45, 7) is 0.747. The molecule has 0 spiro atoms. The molecule has 1 aromatic rings. The van der Waals surface area contributed by atoms with E-state index in [1.165, 1.54) is 109 Å². The summed E-state index contributed by atoms with van der Waals surface area (Å²) in [7, 11) is 0. The highest BCUT2D eigenvalue weighted by molar-refractivity contribution is 5.96. The highest BCUT2D eigenvalue weighted by atomic mass is 16.5. The number of rotatable bonds is 14. The van der Waals surface area contributed by atoms with E-state index in [2.05, 4.69) is 37.0 Å². The number of ether oxygens (including phenoxy) is 1. The second-order valence-electron chi connectivity index (χ2n) is 25.4. The number of benzene rings is 1. The molecule has 2 amide bonds. The van der Waals surface area contributed by atoms with Crippen molar-refractivity contribution in [3.63, 3.8) is 0 Å². The van der Waals surface area contributed by atoms with E-state index in [1.807, 2.05) is 35.3 Å². The SMILES string of the molecule is O=C(O)C1CCCN1CC(=O)N(C1=CC(OC(=O)C2(NCC(=O)N(c3ccccc3)C3CC4CCCC(C3)N4C3CC4CCCC(CC4)C3)CC2)=CCC1)C1CC2CCCC(C1)N2C1CC2CCCC(C2)C1. The van der Waals surface area contributed by atoms with Crippen LogP contribution in [0, 0.1) is 23.7 Å². The molecule has 10 fully saturated rings. The maximum Gasteiger partial charge on any atom is 0.331 e. The summed E-state index contributed by atoms with van der Waals surface area (Å²) in [5.74, 6) is 2.71. The van der Waals surface area contributed by atoms with E-state index in [9.17, 15) is 24.3 Å². The Morgan fingerprint density at radius 3 is 1.75 bits per heavy atom. The van der Waals surface area contributed by atoms with E-state index in [0.717, 1.165) is 80.0 Å². The summed E-state index contributed by atoms with van der Waals surface area (Å²) >= 11 is 0. The van der Waals surface area contributed by atoms with Crippen molar-refractivity contribution in [2.24, 2.45) is 23.7 Å². The lowest BCUT2D eigenvalue weighted by molar-refractivity contribution is -0.144. The van der Waals surface area contributed by atoms with Crippen LogP contribution in [-0.4, -0.2) is 128 Å². The molecule has 0 aromatic heterocycles. The lowest BCUT2D eigenvalue weighted by Gasteiger charge is -2.56. The van der Waals surface area contributed by atoms with Crippen LogP contribution in [0.5, 0.6) is 0 Å². The number of carbonyl (C=O) groups excluding carboxylic acids is 3. The largest absolute Gasteiger partial charge is 0.480 e. The Kier molecular flexibility index (Phi) is 14.5. The average Bonchev–Trinajstić information content (AvgIpc) is 4.11. The van der Waals surface area contributed by atoms with Crippen LogP contribution in [0.15, 0.2) is 53.9 Å². The Bertz CT molecular complexity index is 2160. The number of para-hydroxylation sites is 1. The first-order valence-corrected chi connectivity index (χ1v) is 29.7. The fraction of sp³-hybridized carbons (Fsp3) is 0.767. The molecule has 8 bridgehead atoms. The first-order chi connectivity index (χ1) is 35.1. The summed E-state index contributed by atoms with van der Waals surface area (Å²) in [6.07, 6.45) is 36.9. The average molecular weight is 987 g/mol. The molecule has 392 valence electrons. The molecule has 2 N–H and O–H groups in total. The Balaban J connectivity index is 0.730. The molecule has 12 heteroatoms. The predicted octanol–water partition coefficient (Wildman–Crippen LogP) is 9.72. The van der Waals surface area contributed by atoms with Crippen LogP contribution in [-0.2, 0) is 23.9 Å². The van der Waals surface area contributed by atoms with Gasteiger partial charge in [0.2, 0.25) is 11.8 Å². The van der Waals surface area contributed by atoms with Gasteiger partial charge < -0.3 is 19.6 Å². The van der Waals surface area contributed by atoms with Crippen LogP contribution in [0.2, 0.25) is 0 Å². The van der Waals surface area contributed by atoms with Crippen molar-refractivity contribution in [3.8, 4) is 0 Å². The van der Waals surface area contributed by atoms with Gasteiger partial charge >= 0.3 is 11.9 Å². The maximum atomic E-state index is 14.9. The standard InChI is InChI=1S/C60H86N6O6/c67-56(65(44-14-2-1-3-15-44)52-33-45-16-6-17-46(34-52)63(45)50-29-40-10-4-11-41(30-50)24-23-40)38-61-60(25-26-60)59(71)72-54-21-8-20-49(37-54)66(57(68)39-62-27-9-22-55(62)58(69)70)53-35-47-18-7-19-48(36-53)64(47)51-31-42-12-5-13-43(28-42)32-51/h1-3,14-15,21,37,40-43,45-48,50-53,55,61H,4-13,16-20,22-36,38-39H2,(H,69,70). The van der Waals surface area contributed by atoms with Crippen molar-refractivity contribution in [3.05, 3.63) is 53.9 Å². The number of allylic oxidation sites excluding steroid dienone is 3. The number of esters is 1. The molecule has 5 heterocycles. The molecule has 9 atom stereocenters. The van der Waals surface area contributed by atoms with E-state index >= 15 is 0 Å². The van der Waals surface area contributed by atoms with Crippen LogP contribution >= 0.6 is 0 Å². The molecule has 11 aliphatic rings. The van der Waals surface area contributed by atoms with E-state index in [1.54, 1.807) is 0 Å². The lowest BCUT2D eigenvalue weighted by atomic mass is 9.68. The van der Waals surface area contributed by atoms with Crippen molar-refractivity contribution in [2.45, 2.75) is 246 Å². The van der Waals surface area contributed by atoms with Gasteiger partial charge in [0.1, 0.15) is 17.3 Å². The van der Waals surface area contributed by atoms with Crippen LogP contribution in [0.4, 0.5) is 5.69 Å². The molecular weight excluding hydrogens is 901 g/mol. The highest BCUT2D eigenvalue weighted by Crippen LogP contribution is 2.49. The topological polar surface area (TPSA) is 126 Å². The number of hydrogen-bond donors (Lipinski definition) is 2. The number of anilines is 1. The number of hydrogen-bond acceptors (Lipinski definition) is 9. The number of amides is 2. The molecule has 12 nitrogen and oxygen atoms in total. The first kappa shape index (κ1) is 49.3. The first-order valence-electron chi connectivity index (χ1n) is 29.7. The lowest BCUT2D eigenvalue weighted by Crippen LogP contribution is -2.62. The van der Waals surface area contributed by atoms with Crippen molar-refractivity contribution in [1.29, 1.82) is 0 Å². The molecule has 72 heavy (non-hydrogen) atoms. The number of nitrogens with one attached hydrogen (secondary N) is 1. The number of carbonyl (C=O) groups is 4. The quantitative estimate of drug-likeness (QED) is 0.174. The Morgan fingerprint density at radius 2 is 1.17 bits per heavy atom. The van der Waals surface area contributed by atoms with Gasteiger partial charge in [-0.1, -0.05) is 82.4 Å². The van der Waals surface area contributed by atoms with Gasteiger partial charge in [0, 0.05) is 65.8 Å². The van der Waals surface area contributed by atoms with E-state index in [0.29, 0.717) is 80.7 Å². The van der Waals surface area contributed by atoms with Gasteiger partial charge in [0.05, 0.1) is 13.1 Å². The van der Waals surface area contributed by atoms with E-state index in [-0.39, 0.29) is 43.0 Å². The Morgan fingerprint density at radius 1 is 0.611 bits per heavy atom. The molecule has 9 unspecified atom stereocenters. The zero-order valence-electron chi connectivity index (χ0n) is 43.4. The van der Waals surface area contributed by atoms with Crippen molar-refractivity contribution in [1.82, 2.24) is 24.9 Å². The Hall–Kier alpha value is -3.58. The fourth-order valence-corrected chi connectivity index (χ4v) is 17.7. The smallest absolute Gasteiger partial charge is 0.331 e. The minimum absolute atomic E-state index is 0.0117. The summed E-state index contributed by atoms with van der Waals surface area (Å²) in [6, 6.07) is 12.9. The zero-order valence-corrected chi connectivity index (χ0v) is 43.4. The number of piperidine rings is 4. The third-order valence-corrected chi connectivity index (χ3v) is 21.0. The molecule has 1 aromatic carbocycles. The van der Waals surface area contributed by atoms with Crippen LogP contribution in [0.3, 0.4) is 0 Å². The van der Waals surface area contributed by atoms with Crippen molar-refractivity contribution >= 4 is 29.4 Å². The highest BCUT2D eigenvalue weighted by Gasteiger charge is 2.53. The predicted molar refractivity (Wildman–Crippen MR) is 279 cm³/mol. The minimum Gasteiger partial charge on any atom is -0.480 e. The zero-order chi connectivity index (χ0) is 48.9. The van der Waals surface area contributed by atoms with Gasteiger partial charge in [-0.05, 0) is 170 Å². The normalized spacial score (nSPS) is 37.6. The van der Waals surface area contributed by atoms with Gasteiger partial charge in [-0.15, -0.1) is 0 Å². The minimum atomic E-state index is -0.930. The summed E-state index contributed by atoms with van der Waals surface area (Å²) in [4.78, 5) is 68.2. The van der Waals surface area contributed by atoms with Crippen LogP contribution < -0.4 is 10.2 Å². The number of aliphatic carboxylic acids is 1. The van der Waals surface area contributed by atoms with Gasteiger partial charge in [0.15, 0.2) is 0 Å². The summed E-state index contributed by atoms with van der Waals surface area (Å²) in [5, 5.41) is 13.6. The van der Waals surface area contributed by atoms with E-state index in [4.69, 9.17) is 4.74 Å². The van der Waals surface area contributed by atoms with Gasteiger partial charge in [0.25, 0.3) is 0 Å². The maximum absolute atomic E-state index is 14.9. The van der Waals surface area contributed by atoms with Crippen LogP contribution in [0.1, 0.15) is 186 Å². The number of carboxylic acids is 1.